The highest BCUT2D eigenvalue weighted by atomic mass is 32.2. The Hall–Kier alpha value is -2.41. The molecule has 0 aliphatic rings. The molecular formula is C13H12N2O4S. The lowest BCUT2D eigenvalue weighted by Crippen LogP contribution is -2.14. The van der Waals surface area contributed by atoms with Crippen molar-refractivity contribution < 1.29 is 18.3 Å². The number of carbonyl (C=O) groups is 1. The third-order valence-corrected chi connectivity index (χ3v) is 4.16. The van der Waals surface area contributed by atoms with Crippen molar-refractivity contribution in [1.29, 1.82) is 0 Å². The van der Waals surface area contributed by atoms with Gasteiger partial charge < -0.3 is 5.11 Å². The van der Waals surface area contributed by atoms with Crippen LogP contribution in [0, 0.1) is 6.92 Å². The van der Waals surface area contributed by atoms with Crippen molar-refractivity contribution in [3.05, 3.63) is 53.9 Å². The van der Waals surface area contributed by atoms with Crippen LogP contribution in [-0.2, 0) is 10.0 Å². The number of pyridine rings is 1. The number of carboxylic acids is 1. The molecule has 0 bridgehead atoms. The summed E-state index contributed by atoms with van der Waals surface area (Å²) < 4.78 is 26.8. The second kappa shape index (κ2) is 5.30. The van der Waals surface area contributed by atoms with E-state index >= 15 is 0 Å². The predicted octanol–water partition coefficient (Wildman–Crippen LogP) is 1.89. The Labute approximate surface area is 116 Å². The summed E-state index contributed by atoms with van der Waals surface area (Å²) >= 11 is 0. The van der Waals surface area contributed by atoms with Gasteiger partial charge in [0, 0.05) is 6.20 Å². The highest BCUT2D eigenvalue weighted by Gasteiger charge is 2.17. The first-order chi connectivity index (χ1) is 9.40. The van der Waals surface area contributed by atoms with Crippen molar-refractivity contribution in [3.8, 4) is 0 Å². The second-order valence-electron chi connectivity index (χ2n) is 4.14. The zero-order valence-electron chi connectivity index (χ0n) is 10.6. The molecule has 0 aliphatic carbocycles. The van der Waals surface area contributed by atoms with Gasteiger partial charge in [0.15, 0.2) is 0 Å². The Bertz CT molecular complexity index is 756. The number of aromatic nitrogens is 1. The van der Waals surface area contributed by atoms with E-state index in [4.69, 9.17) is 5.11 Å². The Kier molecular flexibility index (Phi) is 3.71. The number of benzene rings is 1. The highest BCUT2D eigenvalue weighted by molar-refractivity contribution is 7.92. The zero-order chi connectivity index (χ0) is 14.8. The van der Waals surface area contributed by atoms with Crippen molar-refractivity contribution in [2.75, 3.05) is 4.72 Å². The highest BCUT2D eigenvalue weighted by Crippen LogP contribution is 2.19. The monoisotopic (exact) mass is 292 g/mol. The Balaban J connectivity index is 2.36. The third-order valence-electron chi connectivity index (χ3n) is 2.62. The lowest BCUT2D eigenvalue weighted by molar-refractivity contribution is 0.0696. The van der Waals surface area contributed by atoms with Crippen molar-refractivity contribution in [1.82, 2.24) is 4.98 Å². The molecule has 0 saturated heterocycles. The van der Waals surface area contributed by atoms with Gasteiger partial charge in [-0.05, 0) is 24.6 Å². The van der Waals surface area contributed by atoms with Crippen LogP contribution in [0.2, 0.25) is 0 Å². The molecule has 0 unspecified atom stereocenters. The van der Waals surface area contributed by atoms with Crippen LogP contribution in [0.1, 0.15) is 15.9 Å². The number of hydrogen-bond donors (Lipinski definition) is 2. The molecule has 0 radical (unpaired) electrons. The number of nitrogens with zero attached hydrogens (tertiary/aromatic N) is 1. The minimum absolute atomic E-state index is 0.0880. The summed E-state index contributed by atoms with van der Waals surface area (Å²) in [6.45, 7) is 1.68. The van der Waals surface area contributed by atoms with Crippen molar-refractivity contribution in [3.63, 3.8) is 0 Å². The van der Waals surface area contributed by atoms with Gasteiger partial charge in [0.2, 0.25) is 0 Å². The molecule has 0 aliphatic heterocycles. The average Bonchev–Trinajstić information content (AvgIpc) is 2.38. The maximum atomic E-state index is 12.2. The molecule has 0 amide bonds. The van der Waals surface area contributed by atoms with Crippen LogP contribution in [0.25, 0.3) is 0 Å². The van der Waals surface area contributed by atoms with Gasteiger partial charge in [0.25, 0.3) is 10.0 Å². The standard InChI is InChI=1S/C13H12N2O4S/c1-9-4-2-3-5-12(9)20(18,19)15-11-6-10(13(16)17)7-14-8-11/h2-8,15H,1H3,(H,16,17). The van der Waals surface area contributed by atoms with Gasteiger partial charge in [0.1, 0.15) is 0 Å². The van der Waals surface area contributed by atoms with E-state index in [1.54, 1.807) is 25.1 Å². The summed E-state index contributed by atoms with van der Waals surface area (Å²) in [4.78, 5) is 14.7. The number of sulfonamides is 1. The minimum Gasteiger partial charge on any atom is -0.478 e. The van der Waals surface area contributed by atoms with Crippen molar-refractivity contribution in [2.45, 2.75) is 11.8 Å². The molecule has 7 heteroatoms. The Morgan fingerprint density at radius 2 is 1.95 bits per heavy atom. The fraction of sp³-hybridized carbons (Fsp3) is 0.0769. The molecule has 104 valence electrons. The lowest BCUT2D eigenvalue weighted by Gasteiger charge is -2.10. The predicted molar refractivity (Wildman–Crippen MR) is 73.2 cm³/mol. The summed E-state index contributed by atoms with van der Waals surface area (Å²) in [5.41, 5.74) is 0.616. The minimum atomic E-state index is -3.77. The lowest BCUT2D eigenvalue weighted by atomic mass is 10.2. The quantitative estimate of drug-likeness (QED) is 0.897. The number of carboxylic acid groups (broad SMARTS) is 1. The zero-order valence-corrected chi connectivity index (χ0v) is 11.4. The molecule has 0 atom stereocenters. The summed E-state index contributed by atoms with van der Waals surface area (Å²) in [6.07, 6.45) is 2.40. The summed E-state index contributed by atoms with van der Waals surface area (Å²) in [6, 6.07) is 7.73. The van der Waals surface area contributed by atoms with Crippen molar-refractivity contribution in [2.24, 2.45) is 0 Å². The molecular weight excluding hydrogens is 280 g/mol. The van der Waals surface area contributed by atoms with Crippen LogP contribution in [0.5, 0.6) is 0 Å². The van der Waals surface area contributed by atoms with E-state index in [1.165, 1.54) is 18.3 Å². The number of anilines is 1. The number of aryl methyl sites for hydroxylation is 1. The average molecular weight is 292 g/mol. The normalized spacial score (nSPS) is 11.1. The maximum absolute atomic E-state index is 12.2. The number of rotatable bonds is 4. The molecule has 0 saturated carbocycles. The van der Waals surface area contributed by atoms with Gasteiger partial charge >= 0.3 is 5.97 Å². The molecule has 1 heterocycles. The molecule has 20 heavy (non-hydrogen) atoms. The molecule has 1 aromatic carbocycles. The van der Waals surface area contributed by atoms with E-state index in [-0.39, 0.29) is 16.1 Å². The first-order valence-corrected chi connectivity index (χ1v) is 7.15. The van der Waals surface area contributed by atoms with E-state index in [2.05, 4.69) is 9.71 Å². The SMILES string of the molecule is Cc1ccccc1S(=O)(=O)Nc1cncc(C(=O)O)c1. The van der Waals surface area contributed by atoms with Crippen LogP contribution in [0.3, 0.4) is 0 Å². The smallest absolute Gasteiger partial charge is 0.337 e. The first-order valence-electron chi connectivity index (χ1n) is 5.67. The molecule has 2 rings (SSSR count). The van der Waals surface area contributed by atoms with Crippen molar-refractivity contribution >= 4 is 21.7 Å². The number of aromatic carboxylic acids is 1. The molecule has 2 N–H and O–H groups in total. The van der Waals surface area contributed by atoms with Gasteiger partial charge in [-0.15, -0.1) is 0 Å². The second-order valence-corrected chi connectivity index (χ2v) is 5.79. The molecule has 0 fully saturated rings. The van der Waals surface area contributed by atoms with Gasteiger partial charge in [0.05, 0.1) is 22.3 Å². The molecule has 6 nitrogen and oxygen atoms in total. The number of hydrogen-bond acceptors (Lipinski definition) is 4. The molecule has 1 aromatic heterocycles. The van der Waals surface area contributed by atoms with Gasteiger partial charge in [-0.25, -0.2) is 13.2 Å². The van der Waals surface area contributed by atoms with Crippen LogP contribution in [-0.4, -0.2) is 24.5 Å². The topological polar surface area (TPSA) is 96.4 Å². The van der Waals surface area contributed by atoms with Crippen LogP contribution in [0.4, 0.5) is 5.69 Å². The fourth-order valence-electron chi connectivity index (χ4n) is 1.68. The fourth-order valence-corrected chi connectivity index (χ4v) is 2.96. The van der Waals surface area contributed by atoms with Crippen LogP contribution >= 0.6 is 0 Å². The maximum Gasteiger partial charge on any atom is 0.337 e. The Morgan fingerprint density at radius 1 is 1.25 bits per heavy atom. The van der Waals surface area contributed by atoms with Crippen LogP contribution < -0.4 is 4.72 Å². The van der Waals surface area contributed by atoms with E-state index in [9.17, 15) is 13.2 Å². The van der Waals surface area contributed by atoms with Gasteiger partial charge in [-0.2, -0.15) is 0 Å². The molecule has 0 spiro atoms. The van der Waals surface area contributed by atoms with E-state index in [0.29, 0.717) is 5.56 Å². The third kappa shape index (κ3) is 2.94. The largest absolute Gasteiger partial charge is 0.478 e. The van der Waals surface area contributed by atoms with E-state index < -0.39 is 16.0 Å². The molecule has 2 aromatic rings. The van der Waals surface area contributed by atoms with E-state index in [0.717, 1.165) is 6.20 Å². The number of nitrogens with one attached hydrogen (secondary N) is 1. The Morgan fingerprint density at radius 3 is 2.60 bits per heavy atom. The van der Waals surface area contributed by atoms with E-state index in [1.807, 2.05) is 0 Å². The first kappa shape index (κ1) is 14.0. The van der Waals surface area contributed by atoms with Crippen LogP contribution in [0.15, 0.2) is 47.6 Å². The summed E-state index contributed by atoms with van der Waals surface area (Å²) in [7, 11) is -3.77. The summed E-state index contributed by atoms with van der Waals surface area (Å²) in [5, 5.41) is 8.85. The van der Waals surface area contributed by atoms with Gasteiger partial charge in [-0.3, -0.25) is 9.71 Å². The van der Waals surface area contributed by atoms with Gasteiger partial charge in [-0.1, -0.05) is 18.2 Å². The summed E-state index contributed by atoms with van der Waals surface area (Å²) in [5.74, 6) is -1.17.